The van der Waals surface area contributed by atoms with E-state index in [-0.39, 0.29) is 18.4 Å². The summed E-state index contributed by atoms with van der Waals surface area (Å²) in [6.45, 7) is 3.94. The Hall–Kier alpha value is -2.48. The summed E-state index contributed by atoms with van der Waals surface area (Å²) in [6.07, 6.45) is 0.303. The van der Waals surface area contributed by atoms with Crippen LogP contribution in [-0.2, 0) is 33.8 Å². The maximum Gasteiger partial charge on any atom is 0.242 e. The first-order valence-electron chi connectivity index (χ1n) is 10.2. The van der Waals surface area contributed by atoms with Gasteiger partial charge in [0.2, 0.25) is 11.8 Å². The minimum Gasteiger partial charge on any atom is -0.383 e. The fourth-order valence-corrected chi connectivity index (χ4v) is 4.82. The standard InChI is InChI=1S/C24H28N2O3S2/c1-19-10-14-31-22(19)17-26(16-20-7-4-3-5-8-20)24(28)18-25(11-12-29-2)23(27)15-21-9-6-13-30-21/h3-10,13-14H,11-12,15-18H2,1-2H3. The summed E-state index contributed by atoms with van der Waals surface area (Å²) < 4.78 is 5.18. The summed E-state index contributed by atoms with van der Waals surface area (Å²) in [5, 5.41) is 4.00. The van der Waals surface area contributed by atoms with Gasteiger partial charge in [-0.25, -0.2) is 0 Å². The Balaban J connectivity index is 1.74. The number of amides is 2. The second-order valence-corrected chi connectivity index (χ2v) is 9.36. The molecular formula is C24H28N2O3S2. The highest BCUT2D eigenvalue weighted by atomic mass is 32.1. The molecule has 0 spiro atoms. The minimum absolute atomic E-state index is 0.0465. The third-order valence-electron chi connectivity index (χ3n) is 5.02. The largest absolute Gasteiger partial charge is 0.383 e. The van der Waals surface area contributed by atoms with E-state index >= 15 is 0 Å². The van der Waals surface area contributed by atoms with E-state index in [1.165, 1.54) is 5.56 Å². The number of carbonyl (C=O) groups excluding carboxylic acids is 2. The van der Waals surface area contributed by atoms with Gasteiger partial charge in [-0.3, -0.25) is 9.59 Å². The number of hydrogen-bond acceptors (Lipinski definition) is 5. The van der Waals surface area contributed by atoms with Crippen molar-refractivity contribution < 1.29 is 14.3 Å². The molecule has 0 radical (unpaired) electrons. The molecule has 164 valence electrons. The predicted octanol–water partition coefficient (Wildman–Crippen LogP) is 4.36. The summed E-state index contributed by atoms with van der Waals surface area (Å²) in [6, 6.07) is 15.9. The molecule has 0 unspecified atom stereocenters. The van der Waals surface area contributed by atoms with Crippen LogP contribution in [0.2, 0.25) is 0 Å². The zero-order valence-electron chi connectivity index (χ0n) is 18.0. The first kappa shape index (κ1) is 23.2. The lowest BCUT2D eigenvalue weighted by Gasteiger charge is -2.28. The van der Waals surface area contributed by atoms with Crippen molar-refractivity contribution in [2.45, 2.75) is 26.4 Å². The molecule has 2 amide bonds. The van der Waals surface area contributed by atoms with Crippen LogP contribution in [0.1, 0.15) is 20.9 Å². The van der Waals surface area contributed by atoms with Crippen molar-refractivity contribution in [2.75, 3.05) is 26.8 Å². The van der Waals surface area contributed by atoms with Crippen molar-refractivity contribution in [1.82, 2.24) is 9.80 Å². The first-order chi connectivity index (χ1) is 15.1. The number of rotatable bonds is 11. The Morgan fingerprint density at radius 2 is 1.71 bits per heavy atom. The molecule has 7 heteroatoms. The molecule has 2 heterocycles. The second kappa shape index (κ2) is 11.8. The fourth-order valence-electron chi connectivity index (χ4n) is 3.21. The van der Waals surface area contributed by atoms with Gasteiger partial charge in [0.25, 0.3) is 0 Å². The zero-order chi connectivity index (χ0) is 22.1. The Morgan fingerprint density at radius 3 is 2.35 bits per heavy atom. The van der Waals surface area contributed by atoms with E-state index in [1.807, 2.05) is 58.1 Å². The normalized spacial score (nSPS) is 10.8. The van der Waals surface area contributed by atoms with Crippen LogP contribution in [0.3, 0.4) is 0 Å². The molecule has 1 aromatic carbocycles. The van der Waals surface area contributed by atoms with Crippen molar-refractivity contribution in [3.8, 4) is 0 Å². The van der Waals surface area contributed by atoms with Crippen molar-refractivity contribution >= 4 is 34.5 Å². The van der Waals surface area contributed by atoms with Gasteiger partial charge in [0.15, 0.2) is 0 Å². The van der Waals surface area contributed by atoms with Crippen LogP contribution in [-0.4, -0.2) is 48.4 Å². The van der Waals surface area contributed by atoms with Gasteiger partial charge >= 0.3 is 0 Å². The second-order valence-electron chi connectivity index (χ2n) is 7.33. The van der Waals surface area contributed by atoms with Crippen LogP contribution in [0.25, 0.3) is 0 Å². The molecule has 0 saturated carbocycles. The number of thiophene rings is 2. The number of hydrogen-bond donors (Lipinski definition) is 0. The lowest BCUT2D eigenvalue weighted by Crippen LogP contribution is -2.44. The van der Waals surface area contributed by atoms with Crippen LogP contribution >= 0.6 is 22.7 Å². The van der Waals surface area contributed by atoms with E-state index in [0.717, 1.165) is 15.3 Å². The Bertz CT molecular complexity index is 954. The molecule has 0 bridgehead atoms. The van der Waals surface area contributed by atoms with E-state index < -0.39 is 0 Å². The highest BCUT2D eigenvalue weighted by Crippen LogP contribution is 2.20. The number of ether oxygens (including phenoxy) is 1. The van der Waals surface area contributed by atoms with Crippen LogP contribution < -0.4 is 0 Å². The number of methoxy groups -OCH3 is 1. The smallest absolute Gasteiger partial charge is 0.242 e. The molecule has 0 aliphatic carbocycles. The number of nitrogens with zero attached hydrogens (tertiary/aromatic N) is 2. The fraction of sp³-hybridized carbons (Fsp3) is 0.333. The predicted molar refractivity (Wildman–Crippen MR) is 126 cm³/mol. The van der Waals surface area contributed by atoms with Crippen molar-refractivity contribution in [1.29, 1.82) is 0 Å². The van der Waals surface area contributed by atoms with Crippen molar-refractivity contribution in [2.24, 2.45) is 0 Å². The van der Waals surface area contributed by atoms with Gasteiger partial charge in [0.1, 0.15) is 0 Å². The third-order valence-corrected chi connectivity index (χ3v) is 6.91. The average molecular weight is 457 g/mol. The number of benzene rings is 1. The molecule has 5 nitrogen and oxygen atoms in total. The van der Waals surface area contributed by atoms with Crippen LogP contribution in [0, 0.1) is 6.92 Å². The van der Waals surface area contributed by atoms with Gasteiger partial charge in [-0.1, -0.05) is 36.4 Å². The van der Waals surface area contributed by atoms with Gasteiger partial charge in [0, 0.05) is 30.0 Å². The number of aryl methyl sites for hydroxylation is 1. The average Bonchev–Trinajstić information content (AvgIpc) is 3.43. The minimum atomic E-state index is -0.0627. The Morgan fingerprint density at radius 1 is 0.903 bits per heavy atom. The van der Waals surface area contributed by atoms with Gasteiger partial charge in [-0.05, 0) is 40.9 Å². The number of carbonyl (C=O) groups is 2. The van der Waals surface area contributed by atoms with E-state index in [4.69, 9.17) is 4.74 Å². The summed E-state index contributed by atoms with van der Waals surface area (Å²) in [5.74, 6) is -0.118. The van der Waals surface area contributed by atoms with Crippen molar-refractivity contribution in [3.63, 3.8) is 0 Å². The maximum atomic E-state index is 13.4. The molecule has 0 aliphatic heterocycles. The molecule has 0 saturated heterocycles. The molecule has 0 aliphatic rings. The topological polar surface area (TPSA) is 49.9 Å². The highest BCUT2D eigenvalue weighted by Gasteiger charge is 2.23. The Kier molecular flexibility index (Phi) is 8.82. The quantitative estimate of drug-likeness (QED) is 0.431. The van der Waals surface area contributed by atoms with Gasteiger partial charge < -0.3 is 14.5 Å². The summed E-state index contributed by atoms with van der Waals surface area (Å²) in [4.78, 5) is 31.9. The molecule has 3 rings (SSSR count). The maximum absolute atomic E-state index is 13.4. The van der Waals surface area contributed by atoms with Crippen LogP contribution in [0.4, 0.5) is 0 Å². The molecule has 0 atom stereocenters. The zero-order valence-corrected chi connectivity index (χ0v) is 19.6. The van der Waals surface area contributed by atoms with Crippen LogP contribution in [0.5, 0.6) is 0 Å². The monoisotopic (exact) mass is 456 g/mol. The Labute approximate surface area is 191 Å². The third kappa shape index (κ3) is 7.02. The van der Waals surface area contributed by atoms with Gasteiger partial charge in [0.05, 0.1) is 26.1 Å². The summed E-state index contributed by atoms with van der Waals surface area (Å²) in [5.41, 5.74) is 2.25. The van der Waals surface area contributed by atoms with Gasteiger partial charge in [-0.2, -0.15) is 0 Å². The molecule has 0 N–H and O–H groups in total. The molecule has 3 aromatic rings. The van der Waals surface area contributed by atoms with Gasteiger partial charge in [-0.15, -0.1) is 22.7 Å². The summed E-state index contributed by atoms with van der Waals surface area (Å²) in [7, 11) is 1.60. The van der Waals surface area contributed by atoms with Crippen molar-refractivity contribution in [3.05, 3.63) is 80.2 Å². The first-order valence-corrected chi connectivity index (χ1v) is 12.0. The molecular weight excluding hydrogens is 428 g/mol. The van der Waals surface area contributed by atoms with E-state index in [2.05, 4.69) is 13.0 Å². The van der Waals surface area contributed by atoms with Crippen LogP contribution in [0.15, 0.2) is 59.3 Å². The lowest BCUT2D eigenvalue weighted by atomic mass is 10.2. The molecule has 0 fully saturated rings. The SMILES string of the molecule is COCCN(CC(=O)N(Cc1ccccc1)Cc1sccc1C)C(=O)Cc1cccs1. The molecule has 2 aromatic heterocycles. The highest BCUT2D eigenvalue weighted by molar-refractivity contribution is 7.10. The van der Waals surface area contributed by atoms with E-state index in [9.17, 15) is 9.59 Å². The van der Waals surface area contributed by atoms with E-state index in [1.54, 1.807) is 34.7 Å². The summed E-state index contributed by atoms with van der Waals surface area (Å²) >= 11 is 3.21. The molecule has 31 heavy (non-hydrogen) atoms. The lowest BCUT2D eigenvalue weighted by molar-refractivity contribution is -0.141. The van der Waals surface area contributed by atoms with E-state index in [0.29, 0.717) is 32.7 Å².